The van der Waals surface area contributed by atoms with Crippen molar-refractivity contribution in [2.75, 3.05) is 32.7 Å². The number of piperazine rings is 1. The maximum absolute atomic E-state index is 12.3. The largest absolute Gasteiger partial charge is 0.480 e. The number of carboxylic acid groups (broad SMARTS) is 1. The van der Waals surface area contributed by atoms with Gasteiger partial charge in [0.25, 0.3) is 5.91 Å². The van der Waals surface area contributed by atoms with Gasteiger partial charge in [0.2, 0.25) is 0 Å². The van der Waals surface area contributed by atoms with Crippen LogP contribution < -0.4 is 0 Å². The van der Waals surface area contributed by atoms with E-state index in [0.717, 1.165) is 5.69 Å². The Morgan fingerprint density at radius 2 is 1.95 bits per heavy atom. The van der Waals surface area contributed by atoms with Gasteiger partial charge in [-0.05, 0) is 6.92 Å². The van der Waals surface area contributed by atoms with E-state index in [1.165, 1.54) is 0 Å². The maximum Gasteiger partial charge on any atom is 0.317 e. The molecule has 0 unspecified atom stereocenters. The zero-order valence-electron chi connectivity index (χ0n) is 11.2. The average Bonchev–Trinajstić information content (AvgIpc) is 2.69. The van der Waals surface area contributed by atoms with Crippen LogP contribution in [0, 0.1) is 6.92 Å². The summed E-state index contributed by atoms with van der Waals surface area (Å²) in [6.07, 6.45) is 1.58. The summed E-state index contributed by atoms with van der Waals surface area (Å²) in [6.45, 7) is 4.20. The van der Waals surface area contributed by atoms with Crippen LogP contribution in [0.3, 0.4) is 0 Å². The smallest absolute Gasteiger partial charge is 0.317 e. The number of aryl methyl sites for hydroxylation is 1. The molecule has 7 heteroatoms. The van der Waals surface area contributed by atoms with Crippen molar-refractivity contribution < 1.29 is 14.7 Å². The van der Waals surface area contributed by atoms with Crippen molar-refractivity contribution in [1.82, 2.24) is 19.6 Å². The molecule has 1 N–H and O–H groups in total. The van der Waals surface area contributed by atoms with Crippen LogP contribution in [0.2, 0.25) is 0 Å². The van der Waals surface area contributed by atoms with Crippen molar-refractivity contribution in [3.8, 4) is 0 Å². The first-order valence-corrected chi connectivity index (χ1v) is 6.21. The van der Waals surface area contributed by atoms with Crippen LogP contribution in [0.25, 0.3) is 0 Å². The Morgan fingerprint density at radius 1 is 1.32 bits per heavy atom. The van der Waals surface area contributed by atoms with Gasteiger partial charge < -0.3 is 10.0 Å². The fraction of sp³-hybridized carbons (Fsp3) is 0.583. The van der Waals surface area contributed by atoms with Crippen molar-refractivity contribution in [2.45, 2.75) is 6.92 Å². The van der Waals surface area contributed by atoms with Gasteiger partial charge in [0.15, 0.2) is 0 Å². The Hall–Kier alpha value is -1.89. The number of carbonyl (C=O) groups is 2. The first-order chi connectivity index (χ1) is 8.99. The molecule has 2 heterocycles. The lowest BCUT2D eigenvalue weighted by molar-refractivity contribution is -0.138. The molecule has 104 valence electrons. The second-order valence-electron chi connectivity index (χ2n) is 4.73. The van der Waals surface area contributed by atoms with Crippen molar-refractivity contribution in [3.63, 3.8) is 0 Å². The fourth-order valence-corrected chi connectivity index (χ4v) is 2.18. The minimum absolute atomic E-state index is 0.0272. The SMILES string of the molecule is Cc1c(C(=O)N2CCN(CC(=O)O)CC2)cnn1C. The highest BCUT2D eigenvalue weighted by Gasteiger charge is 2.25. The molecule has 2 rings (SSSR count). The third-order valence-corrected chi connectivity index (χ3v) is 3.48. The highest BCUT2D eigenvalue weighted by molar-refractivity contribution is 5.95. The van der Waals surface area contributed by atoms with E-state index in [4.69, 9.17) is 5.11 Å². The van der Waals surface area contributed by atoms with Gasteiger partial charge >= 0.3 is 5.97 Å². The number of hydrogen-bond acceptors (Lipinski definition) is 4. The summed E-state index contributed by atoms with van der Waals surface area (Å²) in [5.74, 6) is -0.858. The Balaban J connectivity index is 1.96. The van der Waals surface area contributed by atoms with Crippen molar-refractivity contribution in [1.29, 1.82) is 0 Å². The van der Waals surface area contributed by atoms with Crippen LogP contribution >= 0.6 is 0 Å². The Kier molecular flexibility index (Phi) is 3.84. The minimum atomic E-state index is -0.831. The first-order valence-electron chi connectivity index (χ1n) is 6.21. The van der Waals surface area contributed by atoms with E-state index in [-0.39, 0.29) is 12.5 Å². The van der Waals surface area contributed by atoms with E-state index in [0.29, 0.717) is 31.7 Å². The maximum atomic E-state index is 12.3. The summed E-state index contributed by atoms with van der Waals surface area (Å²) in [5, 5.41) is 12.8. The molecule has 1 fully saturated rings. The number of hydrogen-bond donors (Lipinski definition) is 1. The van der Waals surface area contributed by atoms with Gasteiger partial charge in [-0.1, -0.05) is 0 Å². The van der Waals surface area contributed by atoms with Gasteiger partial charge in [-0.3, -0.25) is 19.2 Å². The van der Waals surface area contributed by atoms with E-state index >= 15 is 0 Å². The van der Waals surface area contributed by atoms with E-state index in [1.807, 2.05) is 11.8 Å². The van der Waals surface area contributed by atoms with Gasteiger partial charge in [-0.15, -0.1) is 0 Å². The van der Waals surface area contributed by atoms with Crippen molar-refractivity contribution in [2.24, 2.45) is 7.05 Å². The molecule has 0 radical (unpaired) electrons. The quantitative estimate of drug-likeness (QED) is 0.803. The molecular formula is C12H18N4O3. The molecule has 1 aliphatic heterocycles. The van der Waals surface area contributed by atoms with Crippen LogP contribution in [-0.4, -0.2) is 69.3 Å². The molecular weight excluding hydrogens is 248 g/mol. The predicted octanol–water partition coefficient (Wildman–Crippen LogP) is -0.429. The second-order valence-corrected chi connectivity index (χ2v) is 4.73. The normalized spacial score (nSPS) is 16.6. The van der Waals surface area contributed by atoms with Crippen LogP contribution in [0.15, 0.2) is 6.20 Å². The number of carbonyl (C=O) groups excluding carboxylic acids is 1. The van der Waals surface area contributed by atoms with E-state index in [2.05, 4.69) is 5.10 Å². The molecule has 1 aromatic heterocycles. The summed E-state index contributed by atoms with van der Waals surface area (Å²) in [5.41, 5.74) is 1.46. The standard InChI is InChI=1S/C12H18N4O3/c1-9-10(7-13-14(9)2)12(19)16-5-3-15(4-6-16)8-11(17)18/h7H,3-6,8H2,1-2H3,(H,17,18). The van der Waals surface area contributed by atoms with Gasteiger partial charge in [0, 0.05) is 38.9 Å². The molecule has 1 saturated heterocycles. The molecule has 1 aliphatic rings. The molecule has 0 bridgehead atoms. The molecule has 1 aromatic rings. The zero-order valence-corrected chi connectivity index (χ0v) is 11.2. The number of amides is 1. The highest BCUT2D eigenvalue weighted by Crippen LogP contribution is 2.11. The van der Waals surface area contributed by atoms with E-state index in [1.54, 1.807) is 22.8 Å². The van der Waals surface area contributed by atoms with Gasteiger partial charge in [-0.25, -0.2) is 0 Å². The third-order valence-electron chi connectivity index (χ3n) is 3.48. The summed E-state index contributed by atoms with van der Waals surface area (Å²) < 4.78 is 1.67. The average molecular weight is 266 g/mol. The van der Waals surface area contributed by atoms with Crippen LogP contribution in [0.1, 0.15) is 16.1 Å². The highest BCUT2D eigenvalue weighted by atomic mass is 16.4. The van der Waals surface area contributed by atoms with Crippen LogP contribution in [0.5, 0.6) is 0 Å². The molecule has 1 amide bonds. The predicted molar refractivity (Wildman–Crippen MR) is 67.9 cm³/mol. The third kappa shape index (κ3) is 2.93. The minimum Gasteiger partial charge on any atom is -0.480 e. The molecule has 7 nitrogen and oxygen atoms in total. The number of nitrogens with zero attached hydrogens (tertiary/aromatic N) is 4. The molecule has 0 saturated carbocycles. The van der Waals surface area contributed by atoms with Gasteiger partial charge in [0.05, 0.1) is 18.3 Å². The summed E-state index contributed by atoms with van der Waals surface area (Å²) in [4.78, 5) is 26.5. The van der Waals surface area contributed by atoms with Crippen molar-refractivity contribution >= 4 is 11.9 Å². The molecule has 0 atom stereocenters. The topological polar surface area (TPSA) is 78.7 Å². The van der Waals surface area contributed by atoms with E-state index < -0.39 is 5.97 Å². The monoisotopic (exact) mass is 266 g/mol. The summed E-state index contributed by atoms with van der Waals surface area (Å²) in [7, 11) is 1.80. The molecule has 0 aromatic carbocycles. The Labute approximate surface area is 111 Å². The lowest BCUT2D eigenvalue weighted by Gasteiger charge is -2.33. The molecule has 0 spiro atoms. The molecule has 0 aliphatic carbocycles. The fourth-order valence-electron chi connectivity index (χ4n) is 2.18. The first kappa shape index (κ1) is 13.5. The summed E-state index contributed by atoms with van der Waals surface area (Å²) >= 11 is 0. The Bertz CT molecular complexity index is 489. The lowest BCUT2D eigenvalue weighted by atomic mass is 10.2. The second kappa shape index (κ2) is 5.40. The number of aromatic nitrogens is 2. The van der Waals surface area contributed by atoms with Gasteiger partial charge in [-0.2, -0.15) is 5.10 Å². The Morgan fingerprint density at radius 3 is 2.42 bits per heavy atom. The molecule has 19 heavy (non-hydrogen) atoms. The van der Waals surface area contributed by atoms with Gasteiger partial charge in [0.1, 0.15) is 0 Å². The van der Waals surface area contributed by atoms with Crippen LogP contribution in [-0.2, 0) is 11.8 Å². The van der Waals surface area contributed by atoms with Crippen molar-refractivity contribution in [3.05, 3.63) is 17.5 Å². The number of carboxylic acids is 1. The van der Waals surface area contributed by atoms with Crippen LogP contribution in [0.4, 0.5) is 0 Å². The number of rotatable bonds is 3. The number of aliphatic carboxylic acids is 1. The summed E-state index contributed by atoms with van der Waals surface area (Å²) in [6, 6.07) is 0. The van der Waals surface area contributed by atoms with E-state index in [9.17, 15) is 9.59 Å². The zero-order chi connectivity index (χ0) is 14.0. The lowest BCUT2D eigenvalue weighted by Crippen LogP contribution is -2.49.